The zero-order valence-corrected chi connectivity index (χ0v) is 21.2. The van der Waals surface area contributed by atoms with E-state index in [-0.39, 0.29) is 4.90 Å². The molecule has 10 nitrogen and oxygen atoms in total. The predicted molar refractivity (Wildman–Crippen MR) is 143 cm³/mol. The van der Waals surface area contributed by atoms with Crippen molar-refractivity contribution in [1.82, 2.24) is 14.7 Å². The van der Waals surface area contributed by atoms with E-state index >= 15 is 0 Å². The number of hydrogen-bond acceptors (Lipinski definition) is 8. The molecule has 1 unspecified atom stereocenters. The SMILES string of the molecule is O=S1NCCCNc2nc(ncc2Oc2cccc(NS(=O)(=O)c3ccccc3)c2)Nc2cccc1c2. The maximum atomic E-state index is 12.7. The average Bonchev–Trinajstić information content (AvgIpc) is 2.90. The van der Waals surface area contributed by atoms with Gasteiger partial charge in [0.15, 0.2) is 11.6 Å². The van der Waals surface area contributed by atoms with Gasteiger partial charge in [0.2, 0.25) is 5.95 Å². The van der Waals surface area contributed by atoms with E-state index in [0.29, 0.717) is 59.0 Å². The summed E-state index contributed by atoms with van der Waals surface area (Å²) in [5.74, 6) is 1.58. The highest BCUT2D eigenvalue weighted by atomic mass is 32.2. The van der Waals surface area contributed by atoms with Crippen LogP contribution in [0.5, 0.6) is 11.5 Å². The van der Waals surface area contributed by atoms with Gasteiger partial charge in [-0.2, -0.15) is 4.98 Å². The zero-order valence-electron chi connectivity index (χ0n) is 19.5. The number of ether oxygens (including phenoxy) is 1. The fourth-order valence-electron chi connectivity index (χ4n) is 3.56. The average molecular weight is 537 g/mol. The van der Waals surface area contributed by atoms with Crippen LogP contribution in [0.4, 0.5) is 23.1 Å². The second-order valence-electron chi connectivity index (χ2n) is 8.05. The molecule has 12 heteroatoms. The van der Waals surface area contributed by atoms with Gasteiger partial charge in [0.25, 0.3) is 10.0 Å². The molecule has 4 aromatic rings. The Labute approximate surface area is 217 Å². The number of anilines is 4. The lowest BCUT2D eigenvalue weighted by Gasteiger charge is -2.14. The number of benzene rings is 3. The Balaban J connectivity index is 1.38. The number of rotatable bonds is 5. The summed E-state index contributed by atoms with van der Waals surface area (Å²) in [6.45, 7) is 1.08. The summed E-state index contributed by atoms with van der Waals surface area (Å²) in [6.07, 6.45) is 2.23. The van der Waals surface area contributed by atoms with Crippen molar-refractivity contribution in [2.24, 2.45) is 0 Å². The quantitative estimate of drug-likeness (QED) is 0.298. The smallest absolute Gasteiger partial charge is 0.261 e. The molecule has 0 amide bonds. The summed E-state index contributed by atoms with van der Waals surface area (Å²) in [6, 6.07) is 22.0. The van der Waals surface area contributed by atoms with Crippen molar-refractivity contribution in [3.8, 4) is 11.5 Å². The number of nitrogens with one attached hydrogen (secondary N) is 4. The number of hydrogen-bond donors (Lipinski definition) is 4. The van der Waals surface area contributed by atoms with E-state index in [1.807, 2.05) is 12.1 Å². The van der Waals surface area contributed by atoms with Gasteiger partial charge in [-0.25, -0.2) is 22.3 Å². The van der Waals surface area contributed by atoms with E-state index < -0.39 is 21.0 Å². The van der Waals surface area contributed by atoms with Crippen molar-refractivity contribution in [1.29, 1.82) is 0 Å². The molecule has 1 atom stereocenters. The first-order valence-corrected chi connectivity index (χ1v) is 14.1. The zero-order chi connectivity index (χ0) is 25.7. The molecule has 4 N–H and O–H groups in total. The maximum Gasteiger partial charge on any atom is 0.261 e. The number of fused-ring (bicyclic) bond motifs is 4. The number of nitrogens with zero attached hydrogens (tertiary/aromatic N) is 2. The summed E-state index contributed by atoms with van der Waals surface area (Å²) in [7, 11) is -5.07. The Bertz CT molecular complexity index is 1530. The second-order valence-corrected chi connectivity index (χ2v) is 11.0. The highest BCUT2D eigenvalue weighted by molar-refractivity contribution is 7.92. The van der Waals surface area contributed by atoms with Crippen molar-refractivity contribution in [3.63, 3.8) is 0 Å². The van der Waals surface area contributed by atoms with Crippen molar-refractivity contribution in [2.45, 2.75) is 16.2 Å². The lowest BCUT2D eigenvalue weighted by Crippen LogP contribution is -2.20. The fourth-order valence-corrected chi connectivity index (χ4v) is 5.56. The summed E-state index contributed by atoms with van der Waals surface area (Å²) in [4.78, 5) is 9.74. The van der Waals surface area contributed by atoms with E-state index in [1.54, 1.807) is 60.8 Å². The Morgan fingerprint density at radius 1 is 0.946 bits per heavy atom. The van der Waals surface area contributed by atoms with Crippen LogP contribution in [0.25, 0.3) is 0 Å². The molecule has 2 heterocycles. The maximum absolute atomic E-state index is 12.7. The van der Waals surface area contributed by atoms with E-state index in [1.165, 1.54) is 12.1 Å². The van der Waals surface area contributed by atoms with Crippen LogP contribution in [0.2, 0.25) is 0 Å². The van der Waals surface area contributed by atoms with Crippen molar-refractivity contribution in [2.75, 3.05) is 28.4 Å². The predicted octanol–water partition coefficient (Wildman–Crippen LogP) is 4.24. The van der Waals surface area contributed by atoms with Crippen LogP contribution in [0.3, 0.4) is 0 Å². The normalized spacial score (nSPS) is 15.6. The van der Waals surface area contributed by atoms with Crippen LogP contribution in [-0.4, -0.2) is 35.7 Å². The summed E-state index contributed by atoms with van der Waals surface area (Å²) in [5.41, 5.74) is 1.05. The molecule has 190 valence electrons. The van der Waals surface area contributed by atoms with Gasteiger partial charge < -0.3 is 15.4 Å². The standard InChI is InChI=1S/C25H24N6O4S2/c32-36-21-10-5-7-18(16-21)29-25-27-17-23(24(30-25)26-13-6-14-28-36)35-20-9-4-8-19(15-20)31-37(33,34)22-11-2-1-3-12-22/h1-5,7-12,15-17,28,31H,6,13-14H2,(H2,26,27,29,30). The van der Waals surface area contributed by atoms with Crippen LogP contribution in [0, 0.1) is 0 Å². The molecule has 0 spiro atoms. The second kappa shape index (κ2) is 10.9. The molecule has 0 aliphatic carbocycles. The van der Waals surface area contributed by atoms with Crippen LogP contribution in [0.1, 0.15) is 6.42 Å². The molecule has 0 fully saturated rings. The Morgan fingerprint density at radius 2 is 1.78 bits per heavy atom. The Kier molecular flexibility index (Phi) is 7.30. The third-order valence-corrected chi connectivity index (χ3v) is 7.85. The minimum Gasteiger partial charge on any atom is -0.452 e. The Hall–Kier alpha value is -4.00. The Morgan fingerprint density at radius 3 is 2.65 bits per heavy atom. The van der Waals surface area contributed by atoms with Gasteiger partial charge in [-0.3, -0.25) is 4.72 Å². The minimum atomic E-state index is -3.74. The monoisotopic (exact) mass is 536 g/mol. The van der Waals surface area contributed by atoms with Crippen molar-refractivity contribution < 1.29 is 17.4 Å². The third-order valence-electron chi connectivity index (χ3n) is 5.31. The summed E-state index contributed by atoms with van der Waals surface area (Å²) >= 11 is 0. The van der Waals surface area contributed by atoms with Gasteiger partial charge >= 0.3 is 0 Å². The molecule has 1 aromatic heterocycles. The van der Waals surface area contributed by atoms with Gasteiger partial charge in [-0.05, 0) is 48.9 Å². The first kappa shape index (κ1) is 24.7. The van der Waals surface area contributed by atoms with Gasteiger partial charge in [0.1, 0.15) is 16.7 Å². The van der Waals surface area contributed by atoms with Crippen molar-refractivity contribution >= 4 is 44.1 Å². The highest BCUT2D eigenvalue weighted by Gasteiger charge is 2.15. The largest absolute Gasteiger partial charge is 0.452 e. The molecule has 0 saturated carbocycles. The summed E-state index contributed by atoms with van der Waals surface area (Å²) in [5, 5.41) is 6.37. The first-order valence-electron chi connectivity index (χ1n) is 11.5. The molecule has 0 saturated heterocycles. The van der Waals surface area contributed by atoms with Crippen LogP contribution in [0.15, 0.2) is 94.9 Å². The van der Waals surface area contributed by atoms with Gasteiger partial charge in [-0.15, -0.1) is 0 Å². The van der Waals surface area contributed by atoms with Gasteiger partial charge in [-0.1, -0.05) is 30.3 Å². The van der Waals surface area contributed by atoms with Crippen molar-refractivity contribution in [3.05, 3.63) is 85.1 Å². The molecule has 5 rings (SSSR count). The van der Waals surface area contributed by atoms with E-state index in [4.69, 9.17) is 4.74 Å². The van der Waals surface area contributed by atoms with Crippen LogP contribution >= 0.6 is 0 Å². The molecule has 1 aliphatic heterocycles. The molecular formula is C25H24N6O4S2. The molecular weight excluding hydrogens is 512 g/mol. The number of aromatic nitrogens is 2. The topological polar surface area (TPSA) is 134 Å². The van der Waals surface area contributed by atoms with Gasteiger partial charge in [0.05, 0.1) is 21.7 Å². The lowest BCUT2D eigenvalue weighted by molar-refractivity contribution is 0.480. The van der Waals surface area contributed by atoms with E-state index in [0.717, 1.165) is 0 Å². The van der Waals surface area contributed by atoms with Crippen LogP contribution < -0.4 is 24.8 Å². The third kappa shape index (κ3) is 6.23. The van der Waals surface area contributed by atoms with Gasteiger partial charge in [0, 0.05) is 24.8 Å². The molecule has 0 radical (unpaired) electrons. The molecule has 4 bridgehead atoms. The number of sulfonamides is 1. The lowest BCUT2D eigenvalue weighted by atomic mass is 10.3. The summed E-state index contributed by atoms with van der Waals surface area (Å²) < 4.78 is 49.5. The first-order chi connectivity index (χ1) is 18.0. The molecule has 37 heavy (non-hydrogen) atoms. The van der Waals surface area contributed by atoms with E-state index in [2.05, 4.69) is 30.0 Å². The van der Waals surface area contributed by atoms with Crippen LogP contribution in [-0.2, 0) is 21.0 Å². The fraction of sp³-hybridized carbons (Fsp3) is 0.120. The molecule has 1 aliphatic rings. The molecule has 3 aromatic carbocycles. The highest BCUT2D eigenvalue weighted by Crippen LogP contribution is 2.31. The van der Waals surface area contributed by atoms with E-state index in [9.17, 15) is 12.6 Å². The minimum absolute atomic E-state index is 0.164.